The minimum Gasteiger partial charge on any atom is -0.465 e. The molecule has 1 saturated carbocycles. The van der Waals surface area contributed by atoms with Crippen LogP contribution in [0.3, 0.4) is 0 Å². The zero-order valence-electron chi connectivity index (χ0n) is 20.3. The Bertz CT molecular complexity index is 573. The fraction of sp³-hybridized carbons (Fsp3) is 0.808. The Labute approximate surface area is 194 Å². The number of hydrogen-bond donors (Lipinski definition) is 0. The van der Waals surface area contributed by atoms with E-state index in [1.165, 1.54) is 19.3 Å². The number of unbranched alkanes of at least 4 members (excludes halogenated alkanes) is 9. The van der Waals surface area contributed by atoms with E-state index in [0.717, 1.165) is 63.9 Å². The monoisotopic (exact) mass is 452 g/mol. The highest BCUT2D eigenvalue weighted by molar-refractivity contribution is 5.92. The van der Waals surface area contributed by atoms with E-state index in [9.17, 15) is 14.4 Å². The maximum atomic E-state index is 13.1. The smallest absolute Gasteiger partial charge is 0.351 e. The van der Waals surface area contributed by atoms with E-state index < -0.39 is 29.4 Å². The van der Waals surface area contributed by atoms with E-state index in [4.69, 9.17) is 14.2 Å². The fourth-order valence-corrected chi connectivity index (χ4v) is 4.23. The molecule has 1 aliphatic rings. The summed E-state index contributed by atoms with van der Waals surface area (Å²) in [4.78, 5) is 38.1. The Morgan fingerprint density at radius 2 is 1.41 bits per heavy atom. The molecule has 0 amide bonds. The van der Waals surface area contributed by atoms with Crippen LogP contribution in [-0.2, 0) is 28.6 Å². The Morgan fingerprint density at radius 1 is 0.844 bits per heavy atom. The van der Waals surface area contributed by atoms with Gasteiger partial charge in [0.1, 0.15) is 5.92 Å². The molecular formula is C26H44O6. The summed E-state index contributed by atoms with van der Waals surface area (Å²) in [5.41, 5.74) is -1.62. The van der Waals surface area contributed by atoms with Gasteiger partial charge in [-0.25, -0.2) is 9.59 Å². The third-order valence-electron chi connectivity index (χ3n) is 6.16. The summed E-state index contributed by atoms with van der Waals surface area (Å²) >= 11 is 0. The number of ether oxygens (including phenoxy) is 3. The first-order valence-corrected chi connectivity index (χ1v) is 12.7. The van der Waals surface area contributed by atoms with Crippen LogP contribution < -0.4 is 0 Å². The molecular weight excluding hydrogens is 408 g/mol. The lowest BCUT2D eigenvalue weighted by molar-refractivity contribution is -0.198. The maximum Gasteiger partial charge on any atom is 0.351 e. The lowest BCUT2D eigenvalue weighted by atomic mass is 9.75. The van der Waals surface area contributed by atoms with Crippen molar-refractivity contribution in [3.8, 4) is 0 Å². The summed E-state index contributed by atoms with van der Waals surface area (Å²) in [6, 6.07) is 0. The first kappa shape index (κ1) is 28.2. The summed E-state index contributed by atoms with van der Waals surface area (Å²) < 4.78 is 16.6. The molecule has 0 heterocycles. The van der Waals surface area contributed by atoms with E-state index in [2.05, 4.69) is 20.4 Å². The molecule has 0 aromatic carbocycles. The highest BCUT2D eigenvalue weighted by atomic mass is 16.6. The van der Waals surface area contributed by atoms with Crippen LogP contribution in [0, 0.1) is 5.92 Å². The second-order valence-electron chi connectivity index (χ2n) is 8.80. The Hall–Kier alpha value is -1.85. The number of rotatable bonds is 17. The third-order valence-corrected chi connectivity index (χ3v) is 6.16. The molecule has 2 unspecified atom stereocenters. The van der Waals surface area contributed by atoms with Gasteiger partial charge in [-0.15, -0.1) is 0 Å². The van der Waals surface area contributed by atoms with Gasteiger partial charge in [0.25, 0.3) is 0 Å². The van der Waals surface area contributed by atoms with Gasteiger partial charge in [-0.1, -0.05) is 84.6 Å². The lowest BCUT2D eigenvalue weighted by Gasteiger charge is -2.39. The standard InChI is InChI=1S/C26H44O6/c1-4-7-9-11-13-16-20-30-24(28)22-18-14-15-19-26(22,32-23(27)6-3)25(29)31-21-17-12-10-8-5-2/h6,22H,3-5,7-21H2,1-2H3. The molecule has 0 saturated heterocycles. The van der Waals surface area contributed by atoms with Crippen LogP contribution in [0.1, 0.15) is 110 Å². The minimum absolute atomic E-state index is 0.259. The molecule has 1 fully saturated rings. The highest BCUT2D eigenvalue weighted by Crippen LogP contribution is 2.39. The van der Waals surface area contributed by atoms with Crippen LogP contribution in [0.15, 0.2) is 12.7 Å². The molecule has 184 valence electrons. The quantitative estimate of drug-likeness (QED) is 0.115. The lowest BCUT2D eigenvalue weighted by Crippen LogP contribution is -2.55. The molecule has 2 atom stereocenters. The van der Waals surface area contributed by atoms with Gasteiger partial charge in [-0.3, -0.25) is 4.79 Å². The van der Waals surface area contributed by atoms with Gasteiger partial charge in [-0.05, 0) is 32.1 Å². The van der Waals surface area contributed by atoms with Crippen LogP contribution >= 0.6 is 0 Å². The van der Waals surface area contributed by atoms with E-state index in [0.29, 0.717) is 19.4 Å². The molecule has 6 nitrogen and oxygen atoms in total. The van der Waals surface area contributed by atoms with Gasteiger partial charge >= 0.3 is 17.9 Å². The molecule has 6 heteroatoms. The molecule has 1 rings (SSSR count). The number of carbonyl (C=O) groups excluding carboxylic acids is 3. The van der Waals surface area contributed by atoms with Crippen molar-refractivity contribution < 1.29 is 28.6 Å². The van der Waals surface area contributed by atoms with E-state index >= 15 is 0 Å². The van der Waals surface area contributed by atoms with Crippen LogP contribution in [0.25, 0.3) is 0 Å². The van der Waals surface area contributed by atoms with Crippen molar-refractivity contribution >= 4 is 17.9 Å². The van der Waals surface area contributed by atoms with E-state index in [1.807, 2.05) is 0 Å². The Balaban J connectivity index is 2.72. The fourth-order valence-electron chi connectivity index (χ4n) is 4.23. The van der Waals surface area contributed by atoms with Crippen LogP contribution in [0.4, 0.5) is 0 Å². The normalized spacial score (nSPS) is 20.4. The average Bonchev–Trinajstić information content (AvgIpc) is 2.80. The molecule has 0 aromatic heterocycles. The SMILES string of the molecule is C=CC(=O)OC1(C(=O)OCCCCCCC)CCCCC1C(=O)OCCCCCCCC. The molecule has 0 radical (unpaired) electrons. The second-order valence-corrected chi connectivity index (χ2v) is 8.80. The van der Waals surface area contributed by atoms with E-state index in [1.54, 1.807) is 0 Å². The van der Waals surface area contributed by atoms with Gasteiger partial charge in [0, 0.05) is 6.08 Å². The second kappa shape index (κ2) is 16.7. The van der Waals surface area contributed by atoms with Crippen molar-refractivity contribution in [2.24, 2.45) is 5.92 Å². The zero-order valence-corrected chi connectivity index (χ0v) is 20.3. The third kappa shape index (κ3) is 9.74. The highest BCUT2D eigenvalue weighted by Gasteiger charge is 2.55. The minimum atomic E-state index is -1.62. The number of carbonyl (C=O) groups is 3. The summed E-state index contributed by atoms with van der Waals surface area (Å²) in [7, 11) is 0. The molecule has 0 bridgehead atoms. The summed E-state index contributed by atoms with van der Waals surface area (Å²) in [5, 5.41) is 0. The van der Waals surface area contributed by atoms with Crippen molar-refractivity contribution in [2.75, 3.05) is 13.2 Å². The summed E-state index contributed by atoms with van der Waals surface area (Å²) in [6.07, 6.45) is 14.8. The van der Waals surface area contributed by atoms with Gasteiger partial charge in [0.2, 0.25) is 5.60 Å². The van der Waals surface area contributed by atoms with Crippen molar-refractivity contribution in [1.82, 2.24) is 0 Å². The van der Waals surface area contributed by atoms with Gasteiger partial charge in [-0.2, -0.15) is 0 Å². The summed E-state index contributed by atoms with van der Waals surface area (Å²) in [6.45, 7) is 8.34. The molecule has 0 aliphatic heterocycles. The first-order chi connectivity index (χ1) is 15.5. The average molecular weight is 453 g/mol. The number of esters is 3. The molecule has 0 aromatic rings. The van der Waals surface area contributed by atoms with Crippen molar-refractivity contribution in [2.45, 2.75) is 116 Å². The Morgan fingerprint density at radius 3 is 2.00 bits per heavy atom. The maximum absolute atomic E-state index is 13.1. The summed E-state index contributed by atoms with van der Waals surface area (Å²) in [5.74, 6) is -2.67. The number of hydrogen-bond acceptors (Lipinski definition) is 6. The van der Waals surface area contributed by atoms with E-state index in [-0.39, 0.29) is 13.0 Å². The van der Waals surface area contributed by atoms with Crippen molar-refractivity contribution in [3.63, 3.8) is 0 Å². The van der Waals surface area contributed by atoms with Gasteiger partial charge in [0.05, 0.1) is 13.2 Å². The van der Waals surface area contributed by atoms with Crippen LogP contribution in [0.2, 0.25) is 0 Å². The first-order valence-electron chi connectivity index (χ1n) is 12.7. The van der Waals surface area contributed by atoms with Crippen molar-refractivity contribution in [3.05, 3.63) is 12.7 Å². The Kier molecular flexibility index (Phi) is 14.7. The van der Waals surface area contributed by atoms with Gasteiger partial charge in [0.15, 0.2) is 0 Å². The molecule has 32 heavy (non-hydrogen) atoms. The van der Waals surface area contributed by atoms with Crippen LogP contribution in [0.5, 0.6) is 0 Å². The topological polar surface area (TPSA) is 78.9 Å². The molecule has 0 N–H and O–H groups in total. The predicted molar refractivity (Wildman–Crippen MR) is 125 cm³/mol. The largest absolute Gasteiger partial charge is 0.465 e. The van der Waals surface area contributed by atoms with Gasteiger partial charge < -0.3 is 14.2 Å². The van der Waals surface area contributed by atoms with Crippen molar-refractivity contribution in [1.29, 1.82) is 0 Å². The molecule has 1 aliphatic carbocycles. The molecule has 0 spiro atoms. The zero-order chi connectivity index (χ0) is 23.7. The predicted octanol–water partition coefficient (Wildman–Crippen LogP) is 6.06. The van der Waals surface area contributed by atoms with Crippen LogP contribution in [-0.4, -0.2) is 36.7 Å².